The van der Waals surface area contributed by atoms with Gasteiger partial charge >= 0.3 is 0 Å². The summed E-state index contributed by atoms with van der Waals surface area (Å²) >= 11 is 6.04. The number of nitrogens with one attached hydrogen (secondary N) is 1. The fourth-order valence-electron chi connectivity index (χ4n) is 3.51. The fraction of sp³-hybridized carbons (Fsp3) is 0.120. The Labute approximate surface area is 185 Å². The van der Waals surface area contributed by atoms with Crippen LogP contribution in [0, 0.1) is 13.8 Å². The van der Waals surface area contributed by atoms with Gasteiger partial charge in [0.2, 0.25) is 0 Å². The summed E-state index contributed by atoms with van der Waals surface area (Å²) in [6, 6.07) is 19.7. The third-order valence-electron chi connectivity index (χ3n) is 5.12. The minimum Gasteiger partial charge on any atom is -0.495 e. The molecule has 156 valence electrons. The Morgan fingerprint density at radius 1 is 0.839 bits per heavy atom. The van der Waals surface area contributed by atoms with Gasteiger partial charge < -0.3 is 10.1 Å². The molecule has 5 nitrogen and oxygen atoms in total. The molecule has 0 bridgehead atoms. The van der Waals surface area contributed by atoms with Crippen LogP contribution < -0.4 is 15.0 Å². The summed E-state index contributed by atoms with van der Waals surface area (Å²) in [5.74, 6) is -0.254. The van der Waals surface area contributed by atoms with Gasteiger partial charge in [-0.25, -0.2) is 4.90 Å². The SMILES string of the molecule is COc1ccc(C)cc1NC1=C(c2ccc(Cl)cc2)C(=O)N(c2ccc(C)cc2)C1=O. The topological polar surface area (TPSA) is 58.6 Å². The van der Waals surface area contributed by atoms with Crippen LogP contribution in [0.5, 0.6) is 5.75 Å². The zero-order valence-electron chi connectivity index (χ0n) is 17.4. The standard InChI is InChI=1S/C25H21ClN2O3/c1-15-4-11-19(12-5-15)28-24(29)22(17-7-9-18(26)10-8-17)23(25(28)30)27-20-14-16(2)6-13-21(20)31-3/h4-14,27H,1-3H3. The molecule has 0 saturated heterocycles. The number of anilines is 2. The Morgan fingerprint density at radius 2 is 1.48 bits per heavy atom. The van der Waals surface area contributed by atoms with Gasteiger partial charge in [0.15, 0.2) is 0 Å². The van der Waals surface area contributed by atoms with E-state index in [1.165, 1.54) is 4.90 Å². The molecule has 0 saturated carbocycles. The molecule has 0 radical (unpaired) electrons. The number of amides is 2. The maximum Gasteiger partial charge on any atom is 0.282 e. The Kier molecular flexibility index (Phi) is 5.53. The number of nitrogens with zero attached hydrogens (tertiary/aromatic N) is 1. The van der Waals surface area contributed by atoms with Gasteiger partial charge in [-0.15, -0.1) is 0 Å². The van der Waals surface area contributed by atoms with Crippen LogP contribution in [0.25, 0.3) is 5.57 Å². The number of imide groups is 1. The Bertz CT molecular complexity index is 1200. The van der Waals surface area contributed by atoms with Crippen molar-refractivity contribution < 1.29 is 14.3 Å². The molecule has 0 spiro atoms. The van der Waals surface area contributed by atoms with Crippen molar-refractivity contribution in [1.29, 1.82) is 0 Å². The van der Waals surface area contributed by atoms with Crippen molar-refractivity contribution in [3.8, 4) is 5.75 Å². The number of rotatable bonds is 5. The van der Waals surface area contributed by atoms with Crippen molar-refractivity contribution >= 4 is 40.4 Å². The molecule has 3 aromatic carbocycles. The highest BCUT2D eigenvalue weighted by molar-refractivity contribution is 6.46. The number of hydrogen-bond donors (Lipinski definition) is 1. The second-order valence-electron chi connectivity index (χ2n) is 7.37. The number of hydrogen-bond acceptors (Lipinski definition) is 4. The highest BCUT2D eigenvalue weighted by Crippen LogP contribution is 2.36. The van der Waals surface area contributed by atoms with Gasteiger partial charge in [-0.2, -0.15) is 0 Å². The van der Waals surface area contributed by atoms with E-state index in [1.807, 2.05) is 44.2 Å². The van der Waals surface area contributed by atoms with Crippen LogP contribution in [0.4, 0.5) is 11.4 Å². The highest BCUT2D eigenvalue weighted by Gasteiger charge is 2.40. The van der Waals surface area contributed by atoms with Crippen molar-refractivity contribution in [3.05, 3.63) is 94.1 Å². The molecule has 4 rings (SSSR count). The number of ether oxygens (including phenoxy) is 1. The largest absolute Gasteiger partial charge is 0.495 e. The molecule has 31 heavy (non-hydrogen) atoms. The Morgan fingerprint density at radius 3 is 2.13 bits per heavy atom. The van der Waals surface area contributed by atoms with Crippen molar-refractivity contribution in [3.63, 3.8) is 0 Å². The van der Waals surface area contributed by atoms with Crippen LogP contribution in [-0.2, 0) is 9.59 Å². The lowest BCUT2D eigenvalue weighted by molar-refractivity contribution is -0.120. The van der Waals surface area contributed by atoms with Crippen LogP contribution in [0.3, 0.4) is 0 Å². The van der Waals surface area contributed by atoms with E-state index in [9.17, 15) is 9.59 Å². The van der Waals surface area contributed by atoms with Crippen molar-refractivity contribution in [2.24, 2.45) is 0 Å². The number of carbonyl (C=O) groups is 2. The first-order valence-electron chi connectivity index (χ1n) is 9.76. The lowest BCUT2D eigenvalue weighted by Gasteiger charge is -2.16. The molecule has 3 aromatic rings. The average Bonchev–Trinajstić information content (AvgIpc) is 2.99. The van der Waals surface area contributed by atoms with E-state index in [0.29, 0.717) is 27.7 Å². The molecule has 2 amide bonds. The van der Waals surface area contributed by atoms with E-state index in [2.05, 4.69) is 5.32 Å². The van der Waals surface area contributed by atoms with E-state index in [1.54, 1.807) is 43.5 Å². The van der Waals surface area contributed by atoms with Crippen molar-refractivity contribution in [2.45, 2.75) is 13.8 Å². The second-order valence-corrected chi connectivity index (χ2v) is 7.80. The minimum atomic E-state index is -0.428. The van der Waals surface area contributed by atoms with E-state index < -0.39 is 11.8 Å². The van der Waals surface area contributed by atoms with Crippen LogP contribution >= 0.6 is 11.6 Å². The number of methoxy groups -OCH3 is 1. The minimum absolute atomic E-state index is 0.191. The summed E-state index contributed by atoms with van der Waals surface area (Å²) in [6.07, 6.45) is 0. The third kappa shape index (κ3) is 3.92. The third-order valence-corrected chi connectivity index (χ3v) is 5.38. The molecule has 1 heterocycles. The van der Waals surface area contributed by atoms with Crippen molar-refractivity contribution in [1.82, 2.24) is 0 Å². The maximum atomic E-state index is 13.5. The van der Waals surface area contributed by atoms with E-state index in [4.69, 9.17) is 16.3 Å². The molecule has 1 aliphatic heterocycles. The second kappa shape index (κ2) is 8.28. The van der Waals surface area contributed by atoms with Gasteiger partial charge in [0.05, 0.1) is 24.1 Å². The first-order valence-corrected chi connectivity index (χ1v) is 10.1. The van der Waals surface area contributed by atoms with Gasteiger partial charge in [-0.3, -0.25) is 9.59 Å². The summed E-state index contributed by atoms with van der Waals surface area (Å²) in [7, 11) is 1.56. The predicted octanol–water partition coefficient (Wildman–Crippen LogP) is 5.36. The molecule has 0 fully saturated rings. The summed E-state index contributed by atoms with van der Waals surface area (Å²) in [5.41, 5.74) is 4.23. The van der Waals surface area contributed by atoms with Gasteiger partial charge in [0.25, 0.3) is 11.8 Å². The molecule has 1 aliphatic rings. The van der Waals surface area contributed by atoms with Crippen molar-refractivity contribution in [2.75, 3.05) is 17.3 Å². The molecule has 0 aliphatic carbocycles. The lowest BCUT2D eigenvalue weighted by atomic mass is 10.0. The van der Waals surface area contributed by atoms with Gasteiger partial charge in [-0.05, 0) is 61.4 Å². The summed E-state index contributed by atoms with van der Waals surface area (Å²) < 4.78 is 5.44. The molecule has 0 atom stereocenters. The molecular formula is C25H21ClN2O3. The predicted molar refractivity (Wildman–Crippen MR) is 123 cm³/mol. The van der Waals surface area contributed by atoms with Crippen LogP contribution in [0.2, 0.25) is 5.02 Å². The molecule has 1 N–H and O–H groups in total. The quantitative estimate of drug-likeness (QED) is 0.551. The smallest absolute Gasteiger partial charge is 0.282 e. The van der Waals surface area contributed by atoms with Gasteiger partial charge in [0.1, 0.15) is 11.4 Å². The molecule has 6 heteroatoms. The average molecular weight is 433 g/mol. The Hall–Kier alpha value is -3.57. The Balaban J connectivity index is 1.85. The number of halogens is 1. The van der Waals surface area contributed by atoms with E-state index >= 15 is 0 Å². The summed E-state index contributed by atoms with van der Waals surface area (Å²) in [4.78, 5) is 28.1. The lowest BCUT2D eigenvalue weighted by Crippen LogP contribution is -2.32. The van der Waals surface area contributed by atoms with E-state index in [-0.39, 0.29) is 11.3 Å². The fourth-order valence-corrected chi connectivity index (χ4v) is 3.64. The van der Waals surface area contributed by atoms with Gasteiger partial charge in [-0.1, -0.05) is 47.5 Å². The monoisotopic (exact) mass is 432 g/mol. The number of benzene rings is 3. The molecule has 0 aromatic heterocycles. The van der Waals surface area contributed by atoms with Crippen LogP contribution in [-0.4, -0.2) is 18.9 Å². The van der Waals surface area contributed by atoms with Crippen LogP contribution in [0.1, 0.15) is 16.7 Å². The molecular weight excluding hydrogens is 412 g/mol. The summed E-state index contributed by atoms with van der Waals surface area (Å²) in [6.45, 7) is 3.89. The molecule has 0 unspecified atom stereocenters. The maximum absolute atomic E-state index is 13.5. The zero-order valence-corrected chi connectivity index (χ0v) is 18.2. The number of aryl methyl sites for hydroxylation is 2. The normalized spacial score (nSPS) is 13.7. The van der Waals surface area contributed by atoms with E-state index in [0.717, 1.165) is 11.1 Å². The first-order chi connectivity index (χ1) is 14.9. The first kappa shape index (κ1) is 20.7. The highest BCUT2D eigenvalue weighted by atomic mass is 35.5. The van der Waals surface area contributed by atoms with Gasteiger partial charge in [0, 0.05) is 5.02 Å². The zero-order chi connectivity index (χ0) is 22.1. The summed E-state index contributed by atoms with van der Waals surface area (Å²) in [5, 5.41) is 3.71. The number of carbonyl (C=O) groups excluding carboxylic acids is 2. The van der Waals surface area contributed by atoms with Crippen LogP contribution in [0.15, 0.2) is 72.4 Å².